The third-order valence-electron chi connectivity index (χ3n) is 1.48. The summed E-state index contributed by atoms with van der Waals surface area (Å²) in [4.78, 5) is 31.6. The van der Waals surface area contributed by atoms with Gasteiger partial charge in [0.15, 0.2) is 5.60 Å². The molecule has 0 rings (SSSR count). The van der Waals surface area contributed by atoms with Crippen LogP contribution in [0.4, 0.5) is 0 Å². The Hall–Kier alpha value is -0.149. The standard InChI is InChI=1S/C6H8O10S.Ba.2H/c7-3(8)1-6(12,5(10)11)2-4(9)16-17(13,14)15;;;/h12H,1-2H2,(H,7,8)(H,10,11)(H,13,14,15);;;. The van der Waals surface area contributed by atoms with Crippen molar-refractivity contribution in [2.75, 3.05) is 0 Å². The van der Waals surface area contributed by atoms with Crippen molar-refractivity contribution in [1.82, 2.24) is 0 Å². The molecular formula is C6H10BaO10S. The molecule has 0 saturated heterocycles. The summed E-state index contributed by atoms with van der Waals surface area (Å²) in [5, 5.41) is 26.1. The molecule has 102 valence electrons. The van der Waals surface area contributed by atoms with Gasteiger partial charge in [0.05, 0.1) is 12.8 Å². The van der Waals surface area contributed by atoms with Gasteiger partial charge in [0.1, 0.15) is 0 Å². The van der Waals surface area contributed by atoms with Crippen LogP contribution >= 0.6 is 0 Å². The Balaban J connectivity index is 0. The van der Waals surface area contributed by atoms with Crippen LogP contribution in [0.3, 0.4) is 0 Å². The van der Waals surface area contributed by atoms with E-state index in [1.807, 2.05) is 0 Å². The zero-order valence-electron chi connectivity index (χ0n) is 8.06. The van der Waals surface area contributed by atoms with Crippen molar-refractivity contribution in [1.29, 1.82) is 0 Å². The summed E-state index contributed by atoms with van der Waals surface area (Å²) in [6.45, 7) is 0. The fourth-order valence-electron chi connectivity index (χ4n) is 0.850. The van der Waals surface area contributed by atoms with Gasteiger partial charge in [-0.15, -0.1) is 0 Å². The van der Waals surface area contributed by atoms with E-state index in [0.29, 0.717) is 0 Å². The van der Waals surface area contributed by atoms with Crippen molar-refractivity contribution >= 4 is 77.2 Å². The first kappa shape index (κ1) is 20.2. The monoisotopic (exact) mass is 412 g/mol. The number of carbonyl (C=O) groups is 3. The Morgan fingerprint density at radius 1 is 1.11 bits per heavy atom. The fourth-order valence-corrected chi connectivity index (χ4v) is 1.14. The summed E-state index contributed by atoms with van der Waals surface area (Å²) in [5.41, 5.74) is -3.02. The summed E-state index contributed by atoms with van der Waals surface area (Å²) >= 11 is 0. The quantitative estimate of drug-likeness (QED) is 0.262. The van der Waals surface area contributed by atoms with Crippen molar-refractivity contribution in [3.05, 3.63) is 0 Å². The number of carbonyl (C=O) groups excluding carboxylic acids is 1. The predicted octanol–water partition coefficient (Wildman–Crippen LogP) is -2.90. The molecule has 0 bridgehead atoms. The summed E-state index contributed by atoms with van der Waals surface area (Å²) in [6.07, 6.45) is -2.79. The molecule has 0 amide bonds. The molecule has 12 heteroatoms. The Kier molecular flexibility index (Phi) is 8.34. The van der Waals surface area contributed by atoms with Gasteiger partial charge in [-0.3, -0.25) is 14.1 Å². The van der Waals surface area contributed by atoms with E-state index < -0.39 is 46.7 Å². The summed E-state index contributed by atoms with van der Waals surface area (Å²) in [5.74, 6) is -5.58. The second-order valence-corrected chi connectivity index (χ2v) is 3.99. The number of aliphatic hydroxyl groups is 1. The first-order valence-corrected chi connectivity index (χ1v) is 5.20. The molecule has 1 atom stereocenters. The van der Waals surface area contributed by atoms with Crippen LogP contribution < -0.4 is 0 Å². The first-order chi connectivity index (χ1) is 7.46. The van der Waals surface area contributed by atoms with Crippen LogP contribution in [0.5, 0.6) is 0 Å². The minimum absolute atomic E-state index is 0. The molecule has 0 spiro atoms. The first-order valence-electron chi connectivity index (χ1n) is 3.83. The minimum atomic E-state index is -5.15. The van der Waals surface area contributed by atoms with E-state index in [4.69, 9.17) is 14.8 Å². The summed E-state index contributed by atoms with van der Waals surface area (Å²) in [6, 6.07) is 0. The van der Waals surface area contributed by atoms with Crippen molar-refractivity contribution in [3.63, 3.8) is 0 Å². The Morgan fingerprint density at radius 3 is 1.83 bits per heavy atom. The Morgan fingerprint density at radius 2 is 1.56 bits per heavy atom. The van der Waals surface area contributed by atoms with Crippen molar-refractivity contribution in [2.24, 2.45) is 0 Å². The van der Waals surface area contributed by atoms with Gasteiger partial charge in [0.25, 0.3) is 0 Å². The topological polar surface area (TPSA) is 175 Å². The van der Waals surface area contributed by atoms with Crippen molar-refractivity contribution in [3.8, 4) is 0 Å². The molecule has 0 radical (unpaired) electrons. The zero-order chi connectivity index (χ0) is 13.9. The third-order valence-corrected chi connectivity index (χ3v) is 1.87. The molecule has 18 heavy (non-hydrogen) atoms. The molecule has 0 aliphatic rings. The number of carboxylic acid groups (broad SMARTS) is 2. The Labute approximate surface area is 141 Å². The van der Waals surface area contributed by atoms with Gasteiger partial charge in [0.2, 0.25) is 0 Å². The van der Waals surface area contributed by atoms with E-state index in [-0.39, 0.29) is 48.9 Å². The van der Waals surface area contributed by atoms with Crippen LogP contribution in [0.15, 0.2) is 0 Å². The number of hydrogen-bond donors (Lipinski definition) is 4. The van der Waals surface area contributed by atoms with Crippen LogP contribution in [0.25, 0.3) is 0 Å². The number of carboxylic acids is 2. The molecule has 0 aromatic carbocycles. The molecular weight excluding hydrogens is 401 g/mol. The van der Waals surface area contributed by atoms with Gasteiger partial charge in [0, 0.05) is 0 Å². The van der Waals surface area contributed by atoms with E-state index >= 15 is 0 Å². The Bertz CT molecular complexity index is 441. The average Bonchev–Trinajstić information content (AvgIpc) is 1.96. The average molecular weight is 412 g/mol. The van der Waals surface area contributed by atoms with Crippen LogP contribution in [0.1, 0.15) is 12.8 Å². The van der Waals surface area contributed by atoms with Crippen molar-refractivity contribution in [2.45, 2.75) is 18.4 Å². The second kappa shape index (κ2) is 7.44. The van der Waals surface area contributed by atoms with Gasteiger partial charge >= 0.3 is 77.2 Å². The third kappa shape index (κ3) is 8.04. The van der Waals surface area contributed by atoms with Crippen LogP contribution in [-0.2, 0) is 29.0 Å². The van der Waals surface area contributed by atoms with Crippen LogP contribution in [0, 0.1) is 0 Å². The van der Waals surface area contributed by atoms with Gasteiger partial charge in [-0.25, -0.2) is 4.79 Å². The zero-order valence-corrected chi connectivity index (χ0v) is 8.88. The van der Waals surface area contributed by atoms with E-state index in [9.17, 15) is 27.9 Å². The van der Waals surface area contributed by atoms with Crippen LogP contribution in [0.2, 0.25) is 0 Å². The van der Waals surface area contributed by atoms with E-state index in [1.165, 1.54) is 0 Å². The fraction of sp³-hybridized carbons (Fsp3) is 0.500. The molecule has 0 fully saturated rings. The van der Waals surface area contributed by atoms with Gasteiger partial charge in [-0.1, -0.05) is 0 Å². The van der Waals surface area contributed by atoms with E-state index in [2.05, 4.69) is 4.18 Å². The summed E-state index contributed by atoms with van der Waals surface area (Å²) in [7, 11) is -5.15. The molecule has 0 aromatic rings. The normalized spacial score (nSPS) is 13.9. The van der Waals surface area contributed by atoms with Gasteiger partial charge in [-0.2, -0.15) is 8.42 Å². The number of aliphatic carboxylic acids is 2. The molecule has 0 aromatic heterocycles. The molecule has 10 nitrogen and oxygen atoms in total. The maximum absolute atomic E-state index is 10.8. The second-order valence-electron chi connectivity index (χ2n) is 2.97. The molecule has 0 aliphatic heterocycles. The van der Waals surface area contributed by atoms with Crippen molar-refractivity contribution < 1.29 is 46.9 Å². The van der Waals surface area contributed by atoms with Crippen LogP contribution in [-0.4, -0.2) is 101 Å². The van der Waals surface area contributed by atoms with E-state index in [0.717, 1.165) is 0 Å². The molecule has 0 heterocycles. The summed E-state index contributed by atoms with van der Waals surface area (Å²) < 4.78 is 31.6. The predicted molar refractivity (Wildman–Crippen MR) is 55.6 cm³/mol. The molecule has 0 aliphatic carbocycles. The molecule has 0 saturated carbocycles. The number of rotatable bonds is 6. The SMILES string of the molecule is O=C(O)CC(O)(CC(=O)OS(=O)(=O)O)C(=O)O.[BaH2]. The number of hydrogen-bond acceptors (Lipinski definition) is 7. The molecule has 1 unspecified atom stereocenters. The molecule has 4 N–H and O–H groups in total. The van der Waals surface area contributed by atoms with Gasteiger partial charge < -0.3 is 19.5 Å². The van der Waals surface area contributed by atoms with E-state index in [1.54, 1.807) is 0 Å². The maximum atomic E-state index is 10.8. The van der Waals surface area contributed by atoms with Gasteiger partial charge in [-0.05, 0) is 0 Å².